The van der Waals surface area contributed by atoms with Gasteiger partial charge in [-0.15, -0.1) is 11.3 Å². The van der Waals surface area contributed by atoms with Gasteiger partial charge in [0.05, 0.1) is 4.88 Å². The molecule has 0 unspecified atom stereocenters. The van der Waals surface area contributed by atoms with Crippen molar-refractivity contribution in [3.05, 3.63) is 32.2 Å². The number of hydrogen-bond acceptors (Lipinski definition) is 2. The minimum atomic E-state index is 0.838. The second-order valence-corrected chi connectivity index (χ2v) is 4.98. The first-order valence-corrected chi connectivity index (χ1v) is 5.76. The molecule has 0 spiro atoms. The molecule has 0 saturated carbocycles. The van der Waals surface area contributed by atoms with E-state index in [0.717, 1.165) is 14.7 Å². The number of halogens is 1. The summed E-state index contributed by atoms with van der Waals surface area (Å²) in [5.41, 5.74) is 1.24. The van der Waals surface area contributed by atoms with Crippen LogP contribution in [-0.2, 0) is 0 Å². The second-order valence-electron chi connectivity index (χ2n) is 2.85. The van der Waals surface area contributed by atoms with Crippen LogP contribution in [0.3, 0.4) is 0 Å². The van der Waals surface area contributed by atoms with Crippen molar-refractivity contribution in [3.63, 3.8) is 0 Å². The SMILES string of the molecule is Cc1cccc2c(I)c(C=O)sc12. The van der Waals surface area contributed by atoms with E-state index in [1.54, 1.807) is 11.3 Å². The van der Waals surface area contributed by atoms with E-state index in [1.165, 1.54) is 15.6 Å². The fourth-order valence-electron chi connectivity index (χ4n) is 1.32. The van der Waals surface area contributed by atoms with Gasteiger partial charge in [-0.2, -0.15) is 0 Å². The van der Waals surface area contributed by atoms with Gasteiger partial charge in [-0.05, 0) is 35.1 Å². The average Bonchev–Trinajstić information content (AvgIpc) is 2.45. The van der Waals surface area contributed by atoms with Gasteiger partial charge in [-0.3, -0.25) is 4.79 Å². The lowest BCUT2D eigenvalue weighted by Gasteiger charge is -1.93. The Morgan fingerprint density at radius 3 is 2.85 bits per heavy atom. The van der Waals surface area contributed by atoms with Crippen LogP contribution >= 0.6 is 33.9 Å². The third-order valence-corrected chi connectivity index (χ3v) is 4.78. The summed E-state index contributed by atoms with van der Waals surface area (Å²) < 4.78 is 2.31. The van der Waals surface area contributed by atoms with E-state index in [2.05, 4.69) is 41.6 Å². The smallest absolute Gasteiger partial charge is 0.161 e. The van der Waals surface area contributed by atoms with Gasteiger partial charge in [0.15, 0.2) is 6.29 Å². The minimum Gasteiger partial charge on any atom is -0.297 e. The van der Waals surface area contributed by atoms with E-state index < -0.39 is 0 Å². The highest BCUT2D eigenvalue weighted by molar-refractivity contribution is 14.1. The Labute approximate surface area is 93.9 Å². The summed E-state index contributed by atoms with van der Waals surface area (Å²) in [5.74, 6) is 0. The summed E-state index contributed by atoms with van der Waals surface area (Å²) in [5, 5.41) is 1.20. The number of aldehydes is 1. The summed E-state index contributed by atoms with van der Waals surface area (Å²) in [4.78, 5) is 11.6. The molecule has 13 heavy (non-hydrogen) atoms. The van der Waals surface area contributed by atoms with E-state index in [4.69, 9.17) is 0 Å². The maximum absolute atomic E-state index is 10.7. The van der Waals surface area contributed by atoms with Gasteiger partial charge in [0.2, 0.25) is 0 Å². The van der Waals surface area contributed by atoms with Crippen LogP contribution in [0.15, 0.2) is 18.2 Å². The van der Waals surface area contributed by atoms with Gasteiger partial charge >= 0.3 is 0 Å². The molecule has 1 nitrogen and oxygen atoms in total. The van der Waals surface area contributed by atoms with E-state index in [9.17, 15) is 4.79 Å². The number of carbonyl (C=O) groups excluding carboxylic acids is 1. The molecule has 3 heteroatoms. The molecular weight excluding hydrogens is 295 g/mol. The number of fused-ring (bicyclic) bond motifs is 1. The number of hydrogen-bond donors (Lipinski definition) is 0. The molecule has 2 aromatic rings. The van der Waals surface area contributed by atoms with Crippen LogP contribution in [0.1, 0.15) is 15.2 Å². The number of benzene rings is 1. The molecule has 0 bridgehead atoms. The first-order valence-electron chi connectivity index (χ1n) is 3.87. The molecule has 1 aromatic heterocycles. The van der Waals surface area contributed by atoms with Gasteiger partial charge in [-0.25, -0.2) is 0 Å². The van der Waals surface area contributed by atoms with Crippen LogP contribution in [0.25, 0.3) is 10.1 Å². The monoisotopic (exact) mass is 302 g/mol. The summed E-state index contributed by atoms with van der Waals surface area (Å²) in [6.45, 7) is 2.07. The van der Waals surface area contributed by atoms with Crippen molar-refractivity contribution in [3.8, 4) is 0 Å². The first kappa shape index (κ1) is 9.15. The zero-order valence-electron chi connectivity index (χ0n) is 7.00. The third kappa shape index (κ3) is 1.40. The molecule has 1 aromatic carbocycles. The normalized spacial score (nSPS) is 10.6. The van der Waals surface area contributed by atoms with Crippen molar-refractivity contribution in [2.24, 2.45) is 0 Å². The highest BCUT2D eigenvalue weighted by Crippen LogP contribution is 2.33. The Bertz CT molecular complexity index is 473. The van der Waals surface area contributed by atoms with Gasteiger partial charge < -0.3 is 0 Å². The van der Waals surface area contributed by atoms with E-state index >= 15 is 0 Å². The van der Waals surface area contributed by atoms with Crippen LogP contribution in [0, 0.1) is 10.5 Å². The number of carbonyl (C=O) groups is 1. The van der Waals surface area contributed by atoms with E-state index in [-0.39, 0.29) is 0 Å². The van der Waals surface area contributed by atoms with Crippen LogP contribution < -0.4 is 0 Å². The summed E-state index contributed by atoms with van der Waals surface area (Å²) in [6.07, 6.45) is 0.936. The lowest BCUT2D eigenvalue weighted by molar-refractivity contribution is 0.112. The number of thiophene rings is 1. The van der Waals surface area contributed by atoms with Crippen molar-refractivity contribution in [2.75, 3.05) is 0 Å². The molecule has 0 fully saturated rings. The molecule has 0 amide bonds. The Hall–Kier alpha value is -0.420. The van der Waals surface area contributed by atoms with Crippen LogP contribution in [0.2, 0.25) is 0 Å². The lowest BCUT2D eigenvalue weighted by Crippen LogP contribution is -1.75. The van der Waals surface area contributed by atoms with Crippen LogP contribution in [-0.4, -0.2) is 6.29 Å². The second kappa shape index (κ2) is 3.38. The van der Waals surface area contributed by atoms with Crippen LogP contribution in [0.4, 0.5) is 0 Å². The molecule has 0 aliphatic carbocycles. The molecule has 0 radical (unpaired) electrons. The number of rotatable bonds is 1. The van der Waals surface area contributed by atoms with Crippen molar-refractivity contribution < 1.29 is 4.79 Å². The van der Waals surface area contributed by atoms with Crippen LogP contribution in [0.5, 0.6) is 0 Å². The topological polar surface area (TPSA) is 17.1 Å². The molecule has 0 aliphatic rings. The Kier molecular flexibility index (Phi) is 2.38. The Balaban J connectivity index is 2.91. The molecule has 0 N–H and O–H groups in total. The molecule has 0 saturated heterocycles. The van der Waals surface area contributed by atoms with Crippen molar-refractivity contribution in [1.82, 2.24) is 0 Å². The van der Waals surface area contributed by atoms with Gasteiger partial charge in [0.1, 0.15) is 0 Å². The highest BCUT2D eigenvalue weighted by atomic mass is 127. The van der Waals surface area contributed by atoms with Gasteiger partial charge in [0, 0.05) is 13.7 Å². The van der Waals surface area contributed by atoms with E-state index in [1.807, 2.05) is 6.07 Å². The highest BCUT2D eigenvalue weighted by Gasteiger charge is 2.09. The fourth-order valence-corrected chi connectivity index (χ4v) is 3.39. The summed E-state index contributed by atoms with van der Waals surface area (Å²) in [6, 6.07) is 6.16. The quantitative estimate of drug-likeness (QED) is 0.581. The lowest BCUT2D eigenvalue weighted by atomic mass is 10.2. The molecule has 66 valence electrons. The third-order valence-electron chi connectivity index (χ3n) is 1.98. The van der Waals surface area contributed by atoms with Crippen molar-refractivity contribution in [1.29, 1.82) is 0 Å². The molecule has 0 aliphatic heterocycles. The predicted molar refractivity (Wildman–Crippen MR) is 64.7 cm³/mol. The maximum atomic E-state index is 10.7. The Morgan fingerprint density at radius 2 is 2.23 bits per heavy atom. The summed E-state index contributed by atoms with van der Waals surface area (Å²) in [7, 11) is 0. The zero-order chi connectivity index (χ0) is 9.42. The molecular formula is C10H7IOS. The molecule has 1 heterocycles. The van der Waals surface area contributed by atoms with Gasteiger partial charge in [0.25, 0.3) is 0 Å². The minimum absolute atomic E-state index is 0.838. The standard InChI is InChI=1S/C10H7IOS/c1-6-3-2-4-7-9(11)8(5-12)13-10(6)7/h2-5H,1H3. The number of aryl methyl sites for hydroxylation is 1. The average molecular weight is 302 g/mol. The summed E-state index contributed by atoms with van der Waals surface area (Å²) >= 11 is 3.80. The largest absolute Gasteiger partial charge is 0.297 e. The molecule has 0 atom stereocenters. The Morgan fingerprint density at radius 1 is 1.46 bits per heavy atom. The van der Waals surface area contributed by atoms with E-state index in [0.29, 0.717) is 0 Å². The predicted octanol–water partition coefficient (Wildman–Crippen LogP) is 3.63. The zero-order valence-corrected chi connectivity index (χ0v) is 9.98. The molecule has 2 rings (SSSR count). The maximum Gasteiger partial charge on any atom is 0.161 e. The first-order chi connectivity index (χ1) is 6.24. The fraction of sp³-hybridized carbons (Fsp3) is 0.100. The van der Waals surface area contributed by atoms with Crippen molar-refractivity contribution in [2.45, 2.75) is 6.92 Å². The van der Waals surface area contributed by atoms with Gasteiger partial charge in [-0.1, -0.05) is 18.2 Å². The van der Waals surface area contributed by atoms with Crippen molar-refractivity contribution >= 4 is 50.3 Å².